The van der Waals surface area contributed by atoms with Gasteiger partial charge in [0.1, 0.15) is 17.3 Å². The highest BCUT2D eigenvalue weighted by molar-refractivity contribution is 6.06. The summed E-state index contributed by atoms with van der Waals surface area (Å²) >= 11 is 0. The molecule has 1 amide bonds. The van der Waals surface area contributed by atoms with Gasteiger partial charge in [0.15, 0.2) is 0 Å². The van der Waals surface area contributed by atoms with Gasteiger partial charge in [-0.3, -0.25) is 4.79 Å². The third kappa shape index (κ3) is 5.36. The van der Waals surface area contributed by atoms with Crippen molar-refractivity contribution in [3.05, 3.63) is 108 Å². The van der Waals surface area contributed by atoms with Crippen LogP contribution in [0.3, 0.4) is 0 Å². The molecule has 7 nitrogen and oxygen atoms in total. The Morgan fingerprint density at radius 1 is 0.800 bits per heavy atom. The molecule has 0 saturated carbocycles. The summed E-state index contributed by atoms with van der Waals surface area (Å²) in [5.74, 6) is 0.701. The van der Waals surface area contributed by atoms with Gasteiger partial charge in [-0.15, -0.1) is 0 Å². The normalized spacial score (nSPS) is 10.3. The maximum atomic E-state index is 11.2. The summed E-state index contributed by atoms with van der Waals surface area (Å²) in [7, 11) is 1.79. The zero-order valence-corrected chi connectivity index (χ0v) is 18.9. The number of carboxylic acid groups (broad SMARTS) is 1. The van der Waals surface area contributed by atoms with Crippen molar-refractivity contribution in [3.8, 4) is 11.5 Å². The molecule has 174 valence electrons. The van der Waals surface area contributed by atoms with Crippen molar-refractivity contribution in [2.75, 3.05) is 12.4 Å². The zero-order valence-electron chi connectivity index (χ0n) is 18.9. The first kappa shape index (κ1) is 23.3. The van der Waals surface area contributed by atoms with E-state index in [4.69, 9.17) is 10.5 Å². The van der Waals surface area contributed by atoms with Crippen molar-refractivity contribution >= 4 is 39.2 Å². The highest BCUT2D eigenvalue weighted by Crippen LogP contribution is 2.28. The SMILES string of the molecule is CNc1cc(Oc2ccc3c(C(=O)O)cccc3c2)ccn1.NC(=O)c1cccc2ccccc12. The number of rotatable bonds is 5. The van der Waals surface area contributed by atoms with Crippen LogP contribution in [0, 0.1) is 0 Å². The Morgan fingerprint density at radius 2 is 1.46 bits per heavy atom. The Kier molecular flexibility index (Phi) is 6.88. The minimum atomic E-state index is -0.938. The third-order valence-corrected chi connectivity index (χ3v) is 5.36. The summed E-state index contributed by atoms with van der Waals surface area (Å²) in [6.07, 6.45) is 1.66. The van der Waals surface area contributed by atoms with Gasteiger partial charge >= 0.3 is 5.97 Å². The second kappa shape index (κ2) is 10.4. The highest BCUT2D eigenvalue weighted by atomic mass is 16.5. The average Bonchev–Trinajstić information content (AvgIpc) is 2.88. The molecule has 35 heavy (non-hydrogen) atoms. The maximum absolute atomic E-state index is 11.2. The summed E-state index contributed by atoms with van der Waals surface area (Å²) in [6, 6.07) is 27.3. The van der Waals surface area contributed by atoms with E-state index in [-0.39, 0.29) is 11.5 Å². The summed E-state index contributed by atoms with van der Waals surface area (Å²) in [6.45, 7) is 0. The number of aromatic carboxylic acids is 1. The van der Waals surface area contributed by atoms with Crippen molar-refractivity contribution in [1.82, 2.24) is 4.98 Å². The molecule has 4 aromatic carbocycles. The largest absolute Gasteiger partial charge is 0.478 e. The van der Waals surface area contributed by atoms with Crippen molar-refractivity contribution in [2.24, 2.45) is 5.73 Å². The fraction of sp³-hybridized carbons (Fsp3) is 0.0357. The highest BCUT2D eigenvalue weighted by Gasteiger charge is 2.09. The van der Waals surface area contributed by atoms with E-state index in [0.29, 0.717) is 28.3 Å². The molecular formula is C28H23N3O4. The molecule has 0 atom stereocenters. The number of carboxylic acids is 1. The second-order valence-corrected chi connectivity index (χ2v) is 7.61. The van der Waals surface area contributed by atoms with Gasteiger partial charge in [-0.1, -0.05) is 48.5 Å². The summed E-state index contributed by atoms with van der Waals surface area (Å²) in [5, 5.41) is 15.6. The van der Waals surface area contributed by atoms with E-state index in [1.165, 1.54) is 0 Å². The number of aromatic nitrogens is 1. The fourth-order valence-electron chi connectivity index (χ4n) is 3.70. The van der Waals surface area contributed by atoms with Crippen LogP contribution in [0.2, 0.25) is 0 Å². The first-order valence-corrected chi connectivity index (χ1v) is 10.8. The van der Waals surface area contributed by atoms with Gasteiger partial charge in [0.25, 0.3) is 0 Å². The van der Waals surface area contributed by atoms with Gasteiger partial charge in [-0.25, -0.2) is 9.78 Å². The number of ether oxygens (including phenoxy) is 1. The predicted octanol–water partition coefficient (Wildman–Crippen LogP) is 5.71. The minimum Gasteiger partial charge on any atom is -0.478 e. The van der Waals surface area contributed by atoms with Crippen LogP contribution >= 0.6 is 0 Å². The number of nitrogens with one attached hydrogen (secondary N) is 1. The molecule has 0 spiro atoms. The van der Waals surface area contributed by atoms with E-state index in [0.717, 1.165) is 16.2 Å². The predicted molar refractivity (Wildman–Crippen MR) is 137 cm³/mol. The lowest BCUT2D eigenvalue weighted by Crippen LogP contribution is -2.11. The second-order valence-electron chi connectivity index (χ2n) is 7.61. The van der Waals surface area contributed by atoms with E-state index < -0.39 is 5.97 Å². The number of carbonyl (C=O) groups is 2. The van der Waals surface area contributed by atoms with Crippen LogP contribution in [-0.2, 0) is 0 Å². The first-order valence-electron chi connectivity index (χ1n) is 10.8. The first-order chi connectivity index (χ1) is 17.0. The van der Waals surface area contributed by atoms with Crippen LogP contribution in [-0.4, -0.2) is 29.0 Å². The number of amides is 1. The van der Waals surface area contributed by atoms with Crippen LogP contribution in [0.4, 0.5) is 5.82 Å². The number of benzene rings is 4. The Hall–Kier alpha value is -4.91. The molecule has 0 radical (unpaired) electrons. The number of pyridine rings is 1. The number of fused-ring (bicyclic) bond motifs is 2. The van der Waals surface area contributed by atoms with Gasteiger partial charge in [0.2, 0.25) is 5.91 Å². The summed E-state index contributed by atoms with van der Waals surface area (Å²) in [5.41, 5.74) is 6.11. The van der Waals surface area contributed by atoms with E-state index in [1.54, 1.807) is 55.7 Å². The lowest BCUT2D eigenvalue weighted by Gasteiger charge is -2.09. The standard InChI is InChI=1S/C17H14N2O3.C11H9NO/c1-18-16-10-13(7-8-19-16)22-12-5-6-14-11(9-12)3-2-4-15(14)17(20)21;12-11(13)10-7-3-5-8-4-1-2-6-9(8)10/h2-10H,1H3,(H,18,19)(H,20,21);1-7H,(H2,12,13). The number of primary amides is 1. The fourth-order valence-corrected chi connectivity index (χ4v) is 3.70. The molecule has 0 aliphatic heterocycles. The van der Waals surface area contributed by atoms with Crippen LogP contribution in [0.15, 0.2) is 97.2 Å². The Balaban J connectivity index is 0.000000189. The lowest BCUT2D eigenvalue weighted by molar-refractivity contribution is 0.0698. The van der Waals surface area contributed by atoms with Crippen molar-refractivity contribution in [2.45, 2.75) is 0 Å². The van der Waals surface area contributed by atoms with E-state index in [2.05, 4.69) is 10.3 Å². The minimum absolute atomic E-state index is 0.283. The number of hydrogen-bond acceptors (Lipinski definition) is 5. The van der Waals surface area contributed by atoms with E-state index in [9.17, 15) is 14.7 Å². The van der Waals surface area contributed by atoms with Crippen LogP contribution < -0.4 is 15.8 Å². The Bertz CT molecular complexity index is 1530. The number of carbonyl (C=O) groups excluding carboxylic acids is 1. The number of hydrogen-bond donors (Lipinski definition) is 3. The molecular weight excluding hydrogens is 442 g/mol. The number of nitrogens with zero attached hydrogens (tertiary/aromatic N) is 1. The van der Waals surface area contributed by atoms with Gasteiger partial charge in [0.05, 0.1) is 5.56 Å². The number of nitrogens with two attached hydrogens (primary N) is 1. The molecule has 4 N–H and O–H groups in total. The van der Waals surface area contributed by atoms with E-state index >= 15 is 0 Å². The molecule has 5 rings (SSSR count). The molecule has 0 unspecified atom stereocenters. The zero-order chi connectivity index (χ0) is 24.8. The van der Waals surface area contributed by atoms with Crippen molar-refractivity contribution < 1.29 is 19.4 Å². The quantitative estimate of drug-likeness (QED) is 0.306. The third-order valence-electron chi connectivity index (χ3n) is 5.36. The van der Waals surface area contributed by atoms with Crippen molar-refractivity contribution in [3.63, 3.8) is 0 Å². The van der Waals surface area contributed by atoms with Crippen molar-refractivity contribution in [1.29, 1.82) is 0 Å². The average molecular weight is 466 g/mol. The van der Waals surface area contributed by atoms with Gasteiger partial charge in [0, 0.05) is 24.9 Å². The van der Waals surface area contributed by atoms with Gasteiger partial charge < -0.3 is 20.9 Å². The van der Waals surface area contributed by atoms with E-state index in [1.807, 2.05) is 48.5 Å². The molecule has 1 aromatic heterocycles. The lowest BCUT2D eigenvalue weighted by atomic mass is 10.0. The van der Waals surface area contributed by atoms with Crippen LogP contribution in [0.5, 0.6) is 11.5 Å². The summed E-state index contributed by atoms with van der Waals surface area (Å²) in [4.78, 5) is 26.4. The van der Waals surface area contributed by atoms with Crippen LogP contribution in [0.1, 0.15) is 20.7 Å². The smallest absolute Gasteiger partial charge is 0.336 e. The molecule has 0 saturated heterocycles. The molecule has 0 fully saturated rings. The Labute approximate surface area is 201 Å². The van der Waals surface area contributed by atoms with Gasteiger partial charge in [-0.05, 0) is 57.9 Å². The molecule has 7 heteroatoms. The molecule has 1 heterocycles. The maximum Gasteiger partial charge on any atom is 0.336 e. The topological polar surface area (TPSA) is 115 Å². The Morgan fingerprint density at radius 3 is 2.20 bits per heavy atom. The molecule has 0 aliphatic rings. The summed E-state index contributed by atoms with van der Waals surface area (Å²) < 4.78 is 5.80. The number of anilines is 1. The monoisotopic (exact) mass is 465 g/mol. The van der Waals surface area contributed by atoms with Crippen LogP contribution in [0.25, 0.3) is 21.5 Å². The molecule has 5 aromatic rings. The molecule has 0 bridgehead atoms. The molecule has 0 aliphatic carbocycles. The van der Waals surface area contributed by atoms with Gasteiger partial charge in [-0.2, -0.15) is 0 Å².